The summed E-state index contributed by atoms with van der Waals surface area (Å²) >= 11 is 0. The number of rotatable bonds is 3. The largest absolute Gasteiger partial charge is 0.355 e. The van der Waals surface area contributed by atoms with Crippen molar-refractivity contribution in [2.24, 2.45) is 0 Å². The molecule has 1 aromatic rings. The summed E-state index contributed by atoms with van der Waals surface area (Å²) in [7, 11) is 3.01. The molecule has 0 atom stereocenters. The van der Waals surface area contributed by atoms with Gasteiger partial charge in [0.25, 0.3) is 11.8 Å². The average molecular weight is 243 g/mol. The van der Waals surface area contributed by atoms with Crippen LogP contribution in [0.25, 0.3) is 6.08 Å². The van der Waals surface area contributed by atoms with Gasteiger partial charge >= 0.3 is 0 Å². The molecule has 5 heteroatoms. The average Bonchev–Trinajstić information content (AvgIpc) is 2.43. The summed E-state index contributed by atoms with van der Waals surface area (Å²) < 4.78 is 0. The van der Waals surface area contributed by atoms with Crippen molar-refractivity contribution in [1.82, 2.24) is 10.6 Å². The van der Waals surface area contributed by atoms with Crippen molar-refractivity contribution in [3.63, 3.8) is 0 Å². The second-order valence-electron chi connectivity index (χ2n) is 3.45. The number of carbonyl (C=O) groups is 2. The highest BCUT2D eigenvalue weighted by molar-refractivity contribution is 6.01. The zero-order chi connectivity index (χ0) is 13.5. The zero-order valence-corrected chi connectivity index (χ0v) is 10.2. The minimum absolute atomic E-state index is 0.0187. The first-order chi connectivity index (χ1) is 8.62. The highest BCUT2D eigenvalue weighted by atomic mass is 16.2. The number of likely N-dealkylation sites (N-methyl/N-ethyl adjacent to an activating group) is 1. The van der Waals surface area contributed by atoms with E-state index in [0.29, 0.717) is 11.1 Å². The van der Waals surface area contributed by atoms with Crippen LogP contribution in [0.3, 0.4) is 0 Å². The van der Waals surface area contributed by atoms with Crippen molar-refractivity contribution in [1.29, 1.82) is 5.26 Å². The lowest BCUT2D eigenvalue weighted by atomic mass is 10.1. The maximum Gasteiger partial charge on any atom is 0.261 e. The normalized spacial score (nSPS) is 10.4. The molecular weight excluding hydrogens is 230 g/mol. The number of benzene rings is 1. The van der Waals surface area contributed by atoms with Crippen LogP contribution in [0.5, 0.6) is 0 Å². The fourth-order valence-electron chi connectivity index (χ4n) is 1.32. The lowest BCUT2D eigenvalue weighted by molar-refractivity contribution is -0.116. The Balaban J connectivity index is 2.99. The second kappa shape index (κ2) is 6.21. The van der Waals surface area contributed by atoms with Crippen LogP contribution in [0.15, 0.2) is 29.8 Å². The molecule has 1 rings (SSSR count). The van der Waals surface area contributed by atoms with E-state index >= 15 is 0 Å². The number of amides is 2. The summed E-state index contributed by atoms with van der Waals surface area (Å²) in [6, 6.07) is 8.42. The molecule has 0 heterocycles. The summed E-state index contributed by atoms with van der Waals surface area (Å²) in [5.41, 5.74) is 1.22. The Labute approximate surface area is 105 Å². The number of nitriles is 1. The number of hydrogen-bond donors (Lipinski definition) is 2. The van der Waals surface area contributed by atoms with Crippen molar-refractivity contribution in [3.8, 4) is 6.07 Å². The van der Waals surface area contributed by atoms with E-state index in [9.17, 15) is 9.59 Å². The molecule has 0 saturated heterocycles. The van der Waals surface area contributed by atoms with Crippen LogP contribution >= 0.6 is 0 Å². The summed E-state index contributed by atoms with van der Waals surface area (Å²) in [6.07, 6.45) is 1.46. The van der Waals surface area contributed by atoms with Gasteiger partial charge < -0.3 is 10.6 Å². The molecule has 2 amide bonds. The van der Waals surface area contributed by atoms with E-state index in [-0.39, 0.29) is 11.5 Å². The minimum Gasteiger partial charge on any atom is -0.355 e. The molecule has 0 bridgehead atoms. The van der Waals surface area contributed by atoms with E-state index in [1.165, 1.54) is 13.1 Å². The Morgan fingerprint density at radius 2 is 1.78 bits per heavy atom. The predicted octanol–water partition coefficient (Wildman–Crippen LogP) is 0.699. The number of carbonyl (C=O) groups excluding carboxylic acids is 2. The lowest BCUT2D eigenvalue weighted by Crippen LogP contribution is -2.19. The van der Waals surface area contributed by atoms with Gasteiger partial charge in [-0.05, 0) is 23.8 Å². The van der Waals surface area contributed by atoms with Gasteiger partial charge in [0.15, 0.2) is 0 Å². The molecule has 5 nitrogen and oxygen atoms in total. The van der Waals surface area contributed by atoms with Gasteiger partial charge in [0.05, 0.1) is 0 Å². The van der Waals surface area contributed by atoms with Crippen LogP contribution in [0.1, 0.15) is 15.9 Å². The molecular formula is C13H13N3O2. The molecule has 0 radical (unpaired) electrons. The first-order valence-corrected chi connectivity index (χ1v) is 5.28. The van der Waals surface area contributed by atoms with E-state index in [4.69, 9.17) is 5.26 Å². The molecule has 0 unspecified atom stereocenters. The number of hydrogen-bond acceptors (Lipinski definition) is 3. The van der Waals surface area contributed by atoms with Crippen LogP contribution in [0.2, 0.25) is 0 Å². The van der Waals surface area contributed by atoms with Crippen LogP contribution in [-0.4, -0.2) is 25.9 Å². The van der Waals surface area contributed by atoms with Crippen LogP contribution < -0.4 is 10.6 Å². The summed E-state index contributed by atoms with van der Waals surface area (Å²) in [5.74, 6) is -0.620. The monoisotopic (exact) mass is 243 g/mol. The quantitative estimate of drug-likeness (QED) is 0.605. The van der Waals surface area contributed by atoms with E-state index < -0.39 is 5.91 Å². The topological polar surface area (TPSA) is 82.0 Å². The second-order valence-corrected chi connectivity index (χ2v) is 3.45. The SMILES string of the molecule is CNC(=O)/C(C#N)=C\c1ccc(C(=O)NC)cc1. The molecule has 0 fully saturated rings. The Morgan fingerprint density at radius 3 is 2.22 bits per heavy atom. The van der Waals surface area contributed by atoms with Gasteiger partial charge in [-0.25, -0.2) is 0 Å². The molecule has 0 aliphatic rings. The summed E-state index contributed by atoms with van der Waals surface area (Å²) in [5, 5.41) is 13.7. The third-order valence-corrected chi connectivity index (χ3v) is 2.30. The van der Waals surface area contributed by atoms with Gasteiger partial charge in [-0.15, -0.1) is 0 Å². The third-order valence-electron chi connectivity index (χ3n) is 2.30. The molecule has 92 valence electrons. The first kappa shape index (κ1) is 13.5. The Kier molecular flexibility index (Phi) is 4.64. The van der Waals surface area contributed by atoms with E-state index in [2.05, 4.69) is 10.6 Å². The first-order valence-electron chi connectivity index (χ1n) is 5.28. The van der Waals surface area contributed by atoms with Crippen LogP contribution in [0, 0.1) is 11.3 Å². The molecule has 0 saturated carbocycles. The summed E-state index contributed by atoms with van der Waals surface area (Å²) in [4.78, 5) is 22.6. The standard InChI is InChI=1S/C13H13N3O2/c1-15-12(17)10-5-3-9(4-6-10)7-11(8-14)13(18)16-2/h3-7H,1-2H3,(H,15,17)(H,16,18)/b11-7-. The van der Waals surface area contributed by atoms with Crippen LogP contribution in [-0.2, 0) is 4.79 Å². The molecule has 0 aliphatic carbocycles. The minimum atomic E-state index is -0.437. The Hall–Kier alpha value is -2.61. The van der Waals surface area contributed by atoms with Crippen molar-refractivity contribution in [2.45, 2.75) is 0 Å². The van der Waals surface area contributed by atoms with Gasteiger partial charge in [-0.3, -0.25) is 9.59 Å². The molecule has 1 aromatic carbocycles. The maximum absolute atomic E-state index is 11.3. The van der Waals surface area contributed by atoms with E-state index in [1.54, 1.807) is 31.3 Å². The van der Waals surface area contributed by atoms with Gasteiger partial charge in [0, 0.05) is 19.7 Å². The van der Waals surface area contributed by atoms with Crippen molar-refractivity contribution < 1.29 is 9.59 Å². The van der Waals surface area contributed by atoms with Crippen molar-refractivity contribution >= 4 is 17.9 Å². The van der Waals surface area contributed by atoms with E-state index in [1.807, 2.05) is 6.07 Å². The smallest absolute Gasteiger partial charge is 0.261 e. The molecule has 0 aliphatic heterocycles. The van der Waals surface area contributed by atoms with Crippen LogP contribution in [0.4, 0.5) is 0 Å². The maximum atomic E-state index is 11.3. The number of nitrogens with one attached hydrogen (secondary N) is 2. The Morgan fingerprint density at radius 1 is 1.17 bits per heavy atom. The molecule has 0 aromatic heterocycles. The fourth-order valence-corrected chi connectivity index (χ4v) is 1.32. The van der Waals surface area contributed by atoms with Crippen molar-refractivity contribution in [2.75, 3.05) is 14.1 Å². The summed E-state index contributed by atoms with van der Waals surface area (Å²) in [6.45, 7) is 0. The highest BCUT2D eigenvalue weighted by Gasteiger charge is 2.06. The molecule has 0 spiro atoms. The lowest BCUT2D eigenvalue weighted by Gasteiger charge is -2.01. The predicted molar refractivity (Wildman–Crippen MR) is 67.5 cm³/mol. The Bertz CT molecular complexity index is 524. The fraction of sp³-hybridized carbons (Fsp3) is 0.154. The molecule has 18 heavy (non-hydrogen) atoms. The van der Waals surface area contributed by atoms with Gasteiger partial charge in [-0.2, -0.15) is 5.26 Å². The van der Waals surface area contributed by atoms with E-state index in [0.717, 1.165) is 0 Å². The van der Waals surface area contributed by atoms with Crippen molar-refractivity contribution in [3.05, 3.63) is 41.0 Å². The third kappa shape index (κ3) is 3.19. The van der Waals surface area contributed by atoms with Gasteiger partial charge in [0.2, 0.25) is 0 Å². The van der Waals surface area contributed by atoms with Gasteiger partial charge in [-0.1, -0.05) is 12.1 Å². The highest BCUT2D eigenvalue weighted by Crippen LogP contribution is 2.09. The number of nitrogens with zero attached hydrogens (tertiary/aromatic N) is 1. The van der Waals surface area contributed by atoms with Gasteiger partial charge in [0.1, 0.15) is 11.6 Å². The zero-order valence-electron chi connectivity index (χ0n) is 10.2. The molecule has 2 N–H and O–H groups in total.